The van der Waals surface area contributed by atoms with Crippen molar-refractivity contribution in [3.63, 3.8) is 0 Å². The third kappa shape index (κ3) is 3.35. The van der Waals surface area contributed by atoms with Crippen LogP contribution in [0.3, 0.4) is 0 Å². The number of hydrogen-bond donors (Lipinski definition) is 2. The summed E-state index contributed by atoms with van der Waals surface area (Å²) in [5, 5.41) is 14.2. The Morgan fingerprint density at radius 1 is 1.50 bits per heavy atom. The Morgan fingerprint density at radius 2 is 2.39 bits per heavy atom. The summed E-state index contributed by atoms with van der Waals surface area (Å²) in [6, 6.07) is 4.10. The van der Waals surface area contributed by atoms with Crippen LogP contribution in [0.2, 0.25) is 0 Å². The molecule has 18 heavy (non-hydrogen) atoms. The van der Waals surface area contributed by atoms with Gasteiger partial charge in [-0.05, 0) is 17.9 Å². The zero-order valence-corrected chi connectivity index (χ0v) is 10.5. The molecule has 2 heterocycles. The first-order valence-electron chi connectivity index (χ1n) is 5.52. The molecule has 0 bridgehead atoms. The van der Waals surface area contributed by atoms with Gasteiger partial charge in [0, 0.05) is 24.2 Å². The van der Waals surface area contributed by atoms with E-state index in [0.29, 0.717) is 12.2 Å². The second-order valence-corrected chi connectivity index (χ2v) is 4.73. The average Bonchev–Trinajstić information content (AvgIpc) is 2.88. The topological polar surface area (TPSA) is 75.1 Å². The van der Waals surface area contributed by atoms with Crippen LogP contribution in [0.1, 0.15) is 20.9 Å². The second kappa shape index (κ2) is 6.23. The molecule has 0 saturated carbocycles. The Hall–Kier alpha value is -1.79. The molecule has 2 N–H and O–H groups in total. The van der Waals surface area contributed by atoms with E-state index in [1.54, 1.807) is 11.3 Å². The molecule has 0 unspecified atom stereocenters. The highest BCUT2D eigenvalue weighted by Gasteiger charge is 2.10. The fraction of sp³-hybridized carbons (Fsp3) is 0.250. The van der Waals surface area contributed by atoms with Crippen molar-refractivity contribution in [3.8, 4) is 0 Å². The quantitative estimate of drug-likeness (QED) is 0.774. The third-order valence-electron chi connectivity index (χ3n) is 2.45. The second-order valence-electron chi connectivity index (χ2n) is 3.69. The Kier molecular flexibility index (Phi) is 4.38. The van der Waals surface area contributed by atoms with Gasteiger partial charge < -0.3 is 10.4 Å². The maximum atomic E-state index is 10.9. The molecule has 0 amide bonds. The van der Waals surface area contributed by atoms with Crippen molar-refractivity contribution in [1.29, 1.82) is 0 Å². The predicted molar refractivity (Wildman–Crippen MR) is 68.7 cm³/mol. The number of rotatable bonds is 6. The van der Waals surface area contributed by atoms with Gasteiger partial charge in [0.1, 0.15) is 11.9 Å². The van der Waals surface area contributed by atoms with E-state index in [4.69, 9.17) is 5.11 Å². The number of aromatic nitrogens is 2. The van der Waals surface area contributed by atoms with Crippen LogP contribution in [0.15, 0.2) is 30.0 Å². The Balaban J connectivity index is 1.85. The fourth-order valence-electron chi connectivity index (χ4n) is 1.55. The number of thiophene rings is 1. The number of nitrogens with one attached hydrogen (secondary N) is 1. The van der Waals surface area contributed by atoms with E-state index in [9.17, 15) is 4.79 Å². The maximum Gasteiger partial charge on any atom is 0.339 e. The summed E-state index contributed by atoms with van der Waals surface area (Å²) in [6.07, 6.45) is 3.62. The summed E-state index contributed by atoms with van der Waals surface area (Å²) in [4.78, 5) is 19.9. The summed E-state index contributed by atoms with van der Waals surface area (Å²) in [6.45, 7) is 1.24. The van der Waals surface area contributed by atoms with E-state index in [0.717, 1.165) is 13.0 Å². The lowest BCUT2D eigenvalue weighted by molar-refractivity contribution is 0.0694. The average molecular weight is 263 g/mol. The fourth-order valence-corrected chi connectivity index (χ4v) is 2.26. The van der Waals surface area contributed by atoms with Crippen LogP contribution >= 0.6 is 11.3 Å². The highest BCUT2D eigenvalue weighted by molar-refractivity contribution is 7.09. The van der Waals surface area contributed by atoms with Crippen molar-refractivity contribution in [2.45, 2.75) is 13.0 Å². The first kappa shape index (κ1) is 12.7. The molecule has 0 aliphatic carbocycles. The number of aromatic carboxylic acids is 1. The number of nitrogens with zero attached hydrogens (tertiary/aromatic N) is 2. The van der Waals surface area contributed by atoms with Crippen LogP contribution in [-0.2, 0) is 13.0 Å². The number of carboxylic acid groups (broad SMARTS) is 1. The van der Waals surface area contributed by atoms with E-state index in [-0.39, 0.29) is 5.56 Å². The Morgan fingerprint density at radius 3 is 3.11 bits per heavy atom. The molecule has 0 saturated heterocycles. The molecule has 0 fully saturated rings. The van der Waals surface area contributed by atoms with Gasteiger partial charge in [-0.25, -0.2) is 14.8 Å². The van der Waals surface area contributed by atoms with Crippen LogP contribution in [0.25, 0.3) is 0 Å². The van der Waals surface area contributed by atoms with E-state index in [1.165, 1.54) is 17.4 Å². The van der Waals surface area contributed by atoms with Crippen LogP contribution in [0, 0.1) is 0 Å². The predicted octanol–water partition coefficient (Wildman–Crippen LogP) is 1.57. The zero-order chi connectivity index (χ0) is 12.8. The van der Waals surface area contributed by atoms with E-state index in [2.05, 4.69) is 21.4 Å². The van der Waals surface area contributed by atoms with Gasteiger partial charge in [-0.3, -0.25) is 0 Å². The highest BCUT2D eigenvalue weighted by atomic mass is 32.1. The van der Waals surface area contributed by atoms with Gasteiger partial charge in [-0.15, -0.1) is 11.3 Å². The van der Waals surface area contributed by atoms with Gasteiger partial charge in [-0.1, -0.05) is 6.07 Å². The van der Waals surface area contributed by atoms with E-state index in [1.807, 2.05) is 11.4 Å². The van der Waals surface area contributed by atoms with Crippen molar-refractivity contribution < 1.29 is 9.90 Å². The molecule has 0 spiro atoms. The summed E-state index contributed by atoms with van der Waals surface area (Å²) >= 11 is 1.72. The summed E-state index contributed by atoms with van der Waals surface area (Å²) in [5.41, 5.74) is 0.671. The van der Waals surface area contributed by atoms with Crippen molar-refractivity contribution in [1.82, 2.24) is 15.3 Å². The van der Waals surface area contributed by atoms with Gasteiger partial charge in [-0.2, -0.15) is 0 Å². The minimum atomic E-state index is -0.995. The SMILES string of the molecule is O=C(O)c1cncnc1CNCCc1cccs1. The first-order chi connectivity index (χ1) is 8.77. The number of hydrogen-bond acceptors (Lipinski definition) is 5. The zero-order valence-electron chi connectivity index (χ0n) is 9.67. The minimum Gasteiger partial charge on any atom is -0.478 e. The molecule has 6 heteroatoms. The van der Waals surface area contributed by atoms with Crippen LogP contribution in [0.4, 0.5) is 0 Å². The number of carbonyl (C=O) groups is 1. The highest BCUT2D eigenvalue weighted by Crippen LogP contribution is 2.08. The third-order valence-corrected chi connectivity index (χ3v) is 3.38. The van der Waals surface area contributed by atoms with Crippen molar-refractivity contribution >= 4 is 17.3 Å². The molecule has 94 valence electrons. The van der Waals surface area contributed by atoms with Gasteiger partial charge in [0.15, 0.2) is 0 Å². The number of carboxylic acids is 1. The standard InChI is InChI=1S/C12H13N3O2S/c16-12(17)10-6-14-8-15-11(10)7-13-4-3-9-2-1-5-18-9/h1-2,5-6,8,13H,3-4,7H2,(H,16,17). The molecule has 0 aliphatic heterocycles. The Labute approximate surface area is 109 Å². The van der Waals surface area contributed by atoms with Gasteiger partial charge in [0.2, 0.25) is 0 Å². The lowest BCUT2D eigenvalue weighted by atomic mass is 10.2. The van der Waals surface area contributed by atoms with Gasteiger partial charge in [0.05, 0.1) is 5.69 Å². The summed E-state index contributed by atoms with van der Waals surface area (Å²) in [5.74, 6) is -0.995. The molecule has 0 aliphatic rings. The van der Waals surface area contributed by atoms with Crippen LogP contribution in [0.5, 0.6) is 0 Å². The smallest absolute Gasteiger partial charge is 0.339 e. The van der Waals surface area contributed by atoms with Crippen LogP contribution < -0.4 is 5.32 Å². The summed E-state index contributed by atoms with van der Waals surface area (Å²) < 4.78 is 0. The molecule has 2 rings (SSSR count). The lowest BCUT2D eigenvalue weighted by Crippen LogP contribution is -2.19. The normalized spacial score (nSPS) is 10.4. The first-order valence-corrected chi connectivity index (χ1v) is 6.40. The van der Waals surface area contributed by atoms with E-state index >= 15 is 0 Å². The summed E-state index contributed by atoms with van der Waals surface area (Å²) in [7, 11) is 0. The molecule has 0 radical (unpaired) electrons. The van der Waals surface area contributed by atoms with Crippen molar-refractivity contribution in [2.24, 2.45) is 0 Å². The van der Waals surface area contributed by atoms with Crippen molar-refractivity contribution in [2.75, 3.05) is 6.54 Å². The van der Waals surface area contributed by atoms with Crippen LogP contribution in [-0.4, -0.2) is 27.6 Å². The molecule has 0 atom stereocenters. The molecule has 0 aromatic carbocycles. The molecular weight excluding hydrogens is 250 g/mol. The largest absolute Gasteiger partial charge is 0.478 e. The minimum absolute atomic E-state index is 0.154. The molecule has 2 aromatic heterocycles. The van der Waals surface area contributed by atoms with E-state index < -0.39 is 5.97 Å². The molecule has 5 nitrogen and oxygen atoms in total. The monoisotopic (exact) mass is 263 g/mol. The molecule has 2 aromatic rings. The maximum absolute atomic E-state index is 10.9. The van der Waals surface area contributed by atoms with Crippen molar-refractivity contribution in [3.05, 3.63) is 46.2 Å². The lowest BCUT2D eigenvalue weighted by Gasteiger charge is -2.05. The van der Waals surface area contributed by atoms with Gasteiger partial charge in [0.25, 0.3) is 0 Å². The Bertz CT molecular complexity index is 514. The molecular formula is C12H13N3O2S. The van der Waals surface area contributed by atoms with Gasteiger partial charge >= 0.3 is 5.97 Å².